The van der Waals surface area contributed by atoms with Crippen molar-refractivity contribution in [3.8, 4) is 11.1 Å². The predicted molar refractivity (Wildman–Crippen MR) is 127 cm³/mol. The highest BCUT2D eigenvalue weighted by Crippen LogP contribution is 2.35. The van der Waals surface area contributed by atoms with Gasteiger partial charge in [-0.2, -0.15) is 5.10 Å². The van der Waals surface area contributed by atoms with Gasteiger partial charge in [0.15, 0.2) is 12.5 Å². The van der Waals surface area contributed by atoms with E-state index in [1.807, 2.05) is 28.0 Å². The van der Waals surface area contributed by atoms with Crippen LogP contribution in [-0.4, -0.2) is 47.2 Å². The lowest BCUT2D eigenvalue weighted by atomic mass is 9.94. The Morgan fingerprint density at radius 1 is 1.06 bits per heavy atom. The largest absolute Gasteiger partial charge is 0.342 e. The van der Waals surface area contributed by atoms with Crippen molar-refractivity contribution in [2.75, 3.05) is 18.0 Å². The van der Waals surface area contributed by atoms with Gasteiger partial charge in [0, 0.05) is 48.6 Å². The fourth-order valence-corrected chi connectivity index (χ4v) is 4.74. The molecule has 1 N–H and O–H groups in total. The fourth-order valence-electron chi connectivity index (χ4n) is 4.74. The standard InChI is InChI=1S/C26H25N5O2/c32-16-25-29-28-24(12-17-14-30(15-17)26(33)20-4-5-20)31(25)22-9-7-18(8-10-22)21-6-3-19-2-1-11-27-23(19)13-21/h1-3,6-11,13,16-17,20,25,29H,4-5,12,14-15H2. The maximum Gasteiger partial charge on any atom is 0.225 e. The van der Waals surface area contributed by atoms with Crippen molar-refractivity contribution in [2.45, 2.75) is 25.4 Å². The van der Waals surface area contributed by atoms with E-state index in [2.05, 4.69) is 51.9 Å². The molecule has 1 saturated carbocycles. The number of aromatic nitrogens is 1. The van der Waals surface area contributed by atoms with E-state index in [4.69, 9.17) is 0 Å². The van der Waals surface area contributed by atoms with Crippen LogP contribution in [0.4, 0.5) is 5.69 Å². The summed E-state index contributed by atoms with van der Waals surface area (Å²) in [6.07, 6.45) is 4.99. The molecule has 1 aromatic heterocycles. The molecule has 3 heterocycles. The van der Waals surface area contributed by atoms with Gasteiger partial charge in [0.05, 0.1) is 5.52 Å². The molecule has 1 amide bonds. The van der Waals surface area contributed by atoms with Crippen molar-refractivity contribution in [3.05, 3.63) is 60.8 Å². The van der Waals surface area contributed by atoms with Crippen molar-refractivity contribution < 1.29 is 9.59 Å². The molecule has 6 rings (SSSR count). The number of fused-ring (bicyclic) bond motifs is 1. The number of pyridine rings is 1. The van der Waals surface area contributed by atoms with Crippen LogP contribution < -0.4 is 10.3 Å². The number of anilines is 1. The van der Waals surface area contributed by atoms with Gasteiger partial charge in [0.2, 0.25) is 5.91 Å². The lowest BCUT2D eigenvalue weighted by Crippen LogP contribution is -2.52. The summed E-state index contributed by atoms with van der Waals surface area (Å²) in [5, 5.41) is 5.56. The maximum absolute atomic E-state index is 12.2. The molecule has 1 saturated heterocycles. The highest BCUT2D eigenvalue weighted by Gasteiger charge is 2.40. The average Bonchev–Trinajstić information content (AvgIpc) is 3.61. The number of amidine groups is 1. The Labute approximate surface area is 192 Å². The minimum absolute atomic E-state index is 0.268. The van der Waals surface area contributed by atoms with Gasteiger partial charge < -0.3 is 4.90 Å². The summed E-state index contributed by atoms with van der Waals surface area (Å²) in [5.41, 5.74) is 7.02. The topological polar surface area (TPSA) is 77.9 Å². The van der Waals surface area contributed by atoms with E-state index in [-0.39, 0.29) is 5.92 Å². The number of carbonyl (C=O) groups excluding carboxylic acids is 2. The first kappa shape index (κ1) is 19.9. The second-order valence-electron chi connectivity index (χ2n) is 9.15. The lowest BCUT2D eigenvalue weighted by Gasteiger charge is -2.40. The molecule has 3 aromatic rings. The molecule has 1 unspecified atom stereocenters. The quantitative estimate of drug-likeness (QED) is 0.596. The smallest absolute Gasteiger partial charge is 0.225 e. The molecule has 0 bridgehead atoms. The van der Waals surface area contributed by atoms with Crippen molar-refractivity contribution in [2.24, 2.45) is 16.9 Å². The first-order chi connectivity index (χ1) is 16.2. The Balaban J connectivity index is 1.18. The van der Waals surface area contributed by atoms with Crippen LogP contribution in [-0.2, 0) is 9.59 Å². The van der Waals surface area contributed by atoms with Crippen molar-refractivity contribution >= 4 is 34.6 Å². The molecule has 166 valence electrons. The Morgan fingerprint density at radius 2 is 1.85 bits per heavy atom. The number of rotatable bonds is 6. The zero-order valence-electron chi connectivity index (χ0n) is 18.2. The van der Waals surface area contributed by atoms with E-state index in [9.17, 15) is 9.59 Å². The van der Waals surface area contributed by atoms with Crippen LogP contribution >= 0.6 is 0 Å². The molecule has 7 nitrogen and oxygen atoms in total. The summed E-state index contributed by atoms with van der Waals surface area (Å²) in [6.45, 7) is 1.56. The Bertz CT molecular complexity index is 1250. The summed E-state index contributed by atoms with van der Waals surface area (Å²) in [4.78, 5) is 32.3. The normalized spacial score (nSPS) is 20.4. The van der Waals surface area contributed by atoms with Crippen LogP contribution in [0.15, 0.2) is 65.9 Å². The van der Waals surface area contributed by atoms with Crippen LogP contribution in [0.3, 0.4) is 0 Å². The van der Waals surface area contributed by atoms with Gasteiger partial charge in [-0.25, -0.2) is 0 Å². The third-order valence-corrected chi connectivity index (χ3v) is 6.76. The van der Waals surface area contributed by atoms with Gasteiger partial charge >= 0.3 is 0 Å². The number of likely N-dealkylation sites (tertiary alicyclic amines) is 1. The fraction of sp³-hybridized carbons (Fsp3) is 0.308. The van der Waals surface area contributed by atoms with Crippen molar-refractivity contribution in [1.82, 2.24) is 15.3 Å². The number of aldehydes is 1. The number of amides is 1. The van der Waals surface area contributed by atoms with E-state index in [0.717, 1.165) is 72.2 Å². The molecular formula is C26H25N5O2. The van der Waals surface area contributed by atoms with Crippen molar-refractivity contribution in [1.29, 1.82) is 0 Å². The van der Waals surface area contributed by atoms with Crippen LogP contribution in [0, 0.1) is 11.8 Å². The zero-order chi connectivity index (χ0) is 22.4. The molecular weight excluding hydrogens is 414 g/mol. The molecule has 33 heavy (non-hydrogen) atoms. The number of nitrogens with zero attached hydrogens (tertiary/aromatic N) is 4. The summed E-state index contributed by atoms with van der Waals surface area (Å²) in [7, 11) is 0. The second kappa shape index (κ2) is 7.99. The van der Waals surface area contributed by atoms with Crippen LogP contribution in [0.25, 0.3) is 22.0 Å². The maximum atomic E-state index is 12.2. The van der Waals surface area contributed by atoms with Crippen LogP contribution in [0.1, 0.15) is 19.3 Å². The van der Waals surface area contributed by atoms with Crippen LogP contribution in [0.5, 0.6) is 0 Å². The van der Waals surface area contributed by atoms with E-state index >= 15 is 0 Å². The van der Waals surface area contributed by atoms with Gasteiger partial charge in [-0.05, 0) is 48.2 Å². The average molecular weight is 440 g/mol. The number of hydrogen-bond acceptors (Lipinski definition) is 6. The minimum atomic E-state index is -0.514. The Hall–Kier alpha value is -3.74. The number of benzene rings is 2. The molecule has 3 aliphatic rings. The van der Waals surface area contributed by atoms with Crippen LogP contribution in [0.2, 0.25) is 0 Å². The minimum Gasteiger partial charge on any atom is -0.342 e. The third kappa shape index (κ3) is 3.73. The first-order valence-electron chi connectivity index (χ1n) is 11.5. The number of nitrogens with one attached hydrogen (secondary N) is 1. The Kier molecular flexibility index (Phi) is 4.82. The van der Waals surface area contributed by atoms with E-state index < -0.39 is 6.17 Å². The molecule has 0 radical (unpaired) electrons. The summed E-state index contributed by atoms with van der Waals surface area (Å²) in [5.74, 6) is 1.80. The number of hydrazone groups is 1. The molecule has 2 aromatic carbocycles. The lowest BCUT2D eigenvalue weighted by molar-refractivity contribution is -0.138. The molecule has 2 aliphatic heterocycles. The summed E-state index contributed by atoms with van der Waals surface area (Å²) in [6, 6.07) is 18.5. The number of carbonyl (C=O) groups is 2. The second-order valence-corrected chi connectivity index (χ2v) is 9.15. The molecule has 2 fully saturated rings. The van der Waals surface area contributed by atoms with Gasteiger partial charge in [-0.15, -0.1) is 0 Å². The highest BCUT2D eigenvalue weighted by atomic mass is 16.2. The van der Waals surface area contributed by atoms with Gasteiger partial charge in [0.25, 0.3) is 0 Å². The van der Waals surface area contributed by atoms with Crippen molar-refractivity contribution in [3.63, 3.8) is 0 Å². The highest BCUT2D eigenvalue weighted by molar-refractivity contribution is 6.03. The number of hydrogen-bond donors (Lipinski definition) is 1. The molecule has 0 spiro atoms. The third-order valence-electron chi connectivity index (χ3n) is 6.76. The zero-order valence-corrected chi connectivity index (χ0v) is 18.2. The monoisotopic (exact) mass is 439 g/mol. The summed E-state index contributed by atoms with van der Waals surface area (Å²) < 4.78 is 0. The molecule has 1 aliphatic carbocycles. The Morgan fingerprint density at radius 3 is 2.61 bits per heavy atom. The molecule has 1 atom stereocenters. The van der Waals surface area contributed by atoms with Gasteiger partial charge in [-0.1, -0.05) is 30.3 Å². The SMILES string of the molecule is O=CC1NN=C(CC2CN(C(=O)C3CC3)C2)N1c1ccc(-c2ccc3cccnc3c2)cc1. The predicted octanol–water partition coefficient (Wildman–Crippen LogP) is 3.41. The van der Waals surface area contributed by atoms with E-state index in [1.54, 1.807) is 6.20 Å². The van der Waals surface area contributed by atoms with E-state index in [0.29, 0.717) is 11.8 Å². The van der Waals surface area contributed by atoms with Gasteiger partial charge in [0.1, 0.15) is 5.84 Å². The van der Waals surface area contributed by atoms with E-state index in [1.165, 1.54) is 0 Å². The molecule has 7 heteroatoms. The first-order valence-corrected chi connectivity index (χ1v) is 11.5. The summed E-state index contributed by atoms with van der Waals surface area (Å²) >= 11 is 0. The van der Waals surface area contributed by atoms with Gasteiger partial charge in [-0.3, -0.25) is 24.9 Å².